The van der Waals surface area contributed by atoms with Crippen LogP contribution in [0.15, 0.2) is 12.7 Å². The van der Waals surface area contributed by atoms with E-state index in [-0.39, 0.29) is 12.0 Å². The summed E-state index contributed by atoms with van der Waals surface area (Å²) < 4.78 is 0. The zero-order valence-corrected chi connectivity index (χ0v) is 9.63. The van der Waals surface area contributed by atoms with Crippen LogP contribution in [0.4, 0.5) is 5.82 Å². The Bertz CT molecular complexity index is 582. The molecule has 1 aliphatic carbocycles. The van der Waals surface area contributed by atoms with E-state index in [1.165, 1.54) is 6.33 Å². The van der Waals surface area contributed by atoms with Crippen molar-refractivity contribution in [2.75, 3.05) is 5.32 Å². The third-order valence-corrected chi connectivity index (χ3v) is 3.35. The number of hydrogen-bond donors (Lipinski definition) is 3. The van der Waals surface area contributed by atoms with Crippen molar-refractivity contribution in [3.05, 3.63) is 12.7 Å². The van der Waals surface area contributed by atoms with Crippen LogP contribution >= 0.6 is 0 Å². The van der Waals surface area contributed by atoms with Crippen LogP contribution in [0, 0.1) is 5.92 Å². The summed E-state index contributed by atoms with van der Waals surface area (Å²) in [6.45, 7) is 0. The molecule has 2 heterocycles. The smallest absolute Gasteiger partial charge is 0.306 e. The molecule has 2 aromatic heterocycles. The molecular weight excluding hydrogens is 234 g/mol. The Kier molecular flexibility index (Phi) is 2.58. The Morgan fingerprint density at radius 2 is 2.28 bits per heavy atom. The molecule has 2 atom stereocenters. The maximum Gasteiger partial charge on any atom is 0.306 e. The topological polar surface area (TPSA) is 104 Å². The van der Waals surface area contributed by atoms with Gasteiger partial charge in [0, 0.05) is 6.04 Å². The molecule has 1 fully saturated rings. The molecule has 1 aliphatic rings. The maximum absolute atomic E-state index is 10.9. The normalized spacial score (nSPS) is 23.3. The van der Waals surface area contributed by atoms with Gasteiger partial charge in [0.1, 0.15) is 11.8 Å². The molecule has 1 saturated carbocycles. The van der Waals surface area contributed by atoms with Gasteiger partial charge < -0.3 is 15.4 Å². The van der Waals surface area contributed by atoms with Crippen LogP contribution in [0.5, 0.6) is 0 Å². The Morgan fingerprint density at radius 3 is 3.06 bits per heavy atom. The number of fused-ring (bicyclic) bond motifs is 1. The number of aliphatic carboxylic acids is 1. The van der Waals surface area contributed by atoms with E-state index in [4.69, 9.17) is 5.11 Å². The number of nitrogens with one attached hydrogen (secondary N) is 2. The van der Waals surface area contributed by atoms with Crippen LogP contribution in [0.3, 0.4) is 0 Å². The van der Waals surface area contributed by atoms with Gasteiger partial charge in [-0.25, -0.2) is 15.0 Å². The lowest BCUT2D eigenvalue weighted by molar-refractivity contribution is -0.141. The Morgan fingerprint density at radius 1 is 1.39 bits per heavy atom. The second-order valence-corrected chi connectivity index (χ2v) is 4.51. The second-order valence-electron chi connectivity index (χ2n) is 4.51. The minimum Gasteiger partial charge on any atom is -0.481 e. The Balaban J connectivity index is 1.77. The average molecular weight is 247 g/mol. The van der Waals surface area contributed by atoms with Crippen molar-refractivity contribution in [2.45, 2.75) is 25.3 Å². The first kappa shape index (κ1) is 10.9. The predicted molar refractivity (Wildman–Crippen MR) is 64.1 cm³/mol. The fourth-order valence-corrected chi connectivity index (χ4v) is 2.40. The third-order valence-electron chi connectivity index (χ3n) is 3.35. The molecule has 0 bridgehead atoms. The molecule has 0 radical (unpaired) electrons. The van der Waals surface area contributed by atoms with E-state index in [9.17, 15) is 4.79 Å². The zero-order valence-electron chi connectivity index (χ0n) is 9.63. The monoisotopic (exact) mass is 247 g/mol. The largest absolute Gasteiger partial charge is 0.481 e. The number of aromatic amines is 1. The fraction of sp³-hybridized carbons (Fsp3) is 0.455. The molecule has 0 aromatic carbocycles. The van der Waals surface area contributed by atoms with Crippen molar-refractivity contribution in [1.82, 2.24) is 19.9 Å². The highest BCUT2D eigenvalue weighted by atomic mass is 16.4. The van der Waals surface area contributed by atoms with Gasteiger partial charge in [0.05, 0.1) is 12.2 Å². The second kappa shape index (κ2) is 4.25. The van der Waals surface area contributed by atoms with E-state index in [0.717, 1.165) is 11.9 Å². The van der Waals surface area contributed by atoms with Crippen LogP contribution < -0.4 is 5.32 Å². The molecule has 0 aliphatic heterocycles. The van der Waals surface area contributed by atoms with Crippen molar-refractivity contribution in [2.24, 2.45) is 5.92 Å². The number of hydrogen-bond acceptors (Lipinski definition) is 5. The molecule has 0 amide bonds. The molecule has 3 rings (SSSR count). The van der Waals surface area contributed by atoms with Gasteiger partial charge in [0.2, 0.25) is 0 Å². The molecule has 2 aromatic rings. The summed E-state index contributed by atoms with van der Waals surface area (Å²) in [6, 6.07) is 0.146. The van der Waals surface area contributed by atoms with Gasteiger partial charge in [-0.05, 0) is 19.3 Å². The van der Waals surface area contributed by atoms with Crippen LogP contribution in [0.1, 0.15) is 19.3 Å². The van der Waals surface area contributed by atoms with Crippen molar-refractivity contribution < 1.29 is 9.90 Å². The van der Waals surface area contributed by atoms with Crippen molar-refractivity contribution >= 4 is 23.0 Å². The summed E-state index contributed by atoms with van der Waals surface area (Å²) in [5.41, 5.74) is 1.37. The fourth-order valence-electron chi connectivity index (χ4n) is 2.40. The first-order valence-corrected chi connectivity index (χ1v) is 5.87. The number of anilines is 1. The van der Waals surface area contributed by atoms with Crippen molar-refractivity contribution in [3.63, 3.8) is 0 Å². The number of rotatable bonds is 3. The summed E-state index contributed by atoms with van der Waals surface area (Å²) in [5, 5.41) is 12.2. The summed E-state index contributed by atoms with van der Waals surface area (Å²) >= 11 is 0. The van der Waals surface area contributed by atoms with Crippen LogP contribution in [0.25, 0.3) is 11.2 Å². The summed E-state index contributed by atoms with van der Waals surface area (Å²) in [5.74, 6) is -0.274. The maximum atomic E-state index is 10.9. The van der Waals surface area contributed by atoms with Gasteiger partial charge in [0.25, 0.3) is 0 Å². The number of H-pyrrole nitrogens is 1. The number of nitrogens with zero attached hydrogens (tertiary/aromatic N) is 3. The first-order chi connectivity index (χ1) is 8.74. The highest BCUT2D eigenvalue weighted by molar-refractivity contribution is 5.82. The lowest BCUT2D eigenvalue weighted by atomic mass is 10.1. The minimum absolute atomic E-state index is 0.146. The number of carbonyl (C=O) groups is 1. The molecule has 7 heteroatoms. The third kappa shape index (κ3) is 1.87. The van der Waals surface area contributed by atoms with E-state index in [1.54, 1.807) is 6.33 Å². The number of carboxylic acids is 1. The molecule has 2 unspecified atom stereocenters. The first-order valence-electron chi connectivity index (χ1n) is 5.87. The quantitative estimate of drug-likeness (QED) is 0.748. The Hall–Kier alpha value is -2.18. The highest BCUT2D eigenvalue weighted by Gasteiger charge is 2.30. The van der Waals surface area contributed by atoms with E-state index < -0.39 is 5.97 Å². The summed E-state index contributed by atoms with van der Waals surface area (Å²) in [6.07, 6.45) is 5.21. The van der Waals surface area contributed by atoms with Crippen LogP contribution in [-0.4, -0.2) is 37.1 Å². The highest BCUT2D eigenvalue weighted by Crippen LogP contribution is 2.28. The predicted octanol–water partition coefficient (Wildman–Crippen LogP) is 1.02. The molecule has 94 valence electrons. The van der Waals surface area contributed by atoms with Gasteiger partial charge in [-0.3, -0.25) is 4.79 Å². The van der Waals surface area contributed by atoms with Crippen LogP contribution in [-0.2, 0) is 4.79 Å². The van der Waals surface area contributed by atoms with Gasteiger partial charge >= 0.3 is 5.97 Å². The van der Waals surface area contributed by atoms with E-state index in [2.05, 4.69) is 25.3 Å². The molecule has 7 nitrogen and oxygen atoms in total. The SMILES string of the molecule is O=C(O)C1CCC(Nc2ncnc3nc[nH]c23)C1. The van der Waals surface area contributed by atoms with Gasteiger partial charge in [0.15, 0.2) is 11.5 Å². The molecular formula is C11H13N5O2. The number of aromatic nitrogens is 4. The molecule has 3 N–H and O–H groups in total. The standard InChI is InChI=1S/C11H13N5O2/c17-11(18)6-1-2-7(3-6)16-10-8-9(13-4-12-8)14-5-15-10/h4-7H,1-3H2,(H,17,18)(H2,12,13,14,15,16). The van der Waals surface area contributed by atoms with Crippen molar-refractivity contribution in [1.29, 1.82) is 0 Å². The number of imidazole rings is 1. The zero-order chi connectivity index (χ0) is 12.5. The van der Waals surface area contributed by atoms with Gasteiger partial charge in [-0.1, -0.05) is 0 Å². The molecule has 0 saturated heterocycles. The number of carboxylic acid groups (broad SMARTS) is 1. The van der Waals surface area contributed by atoms with E-state index in [0.29, 0.717) is 24.3 Å². The Labute approximate surface area is 103 Å². The lowest BCUT2D eigenvalue weighted by Gasteiger charge is -2.12. The summed E-state index contributed by atoms with van der Waals surface area (Å²) in [7, 11) is 0. The average Bonchev–Trinajstić information content (AvgIpc) is 2.97. The van der Waals surface area contributed by atoms with E-state index >= 15 is 0 Å². The van der Waals surface area contributed by atoms with Gasteiger partial charge in [-0.2, -0.15) is 0 Å². The van der Waals surface area contributed by atoms with Crippen molar-refractivity contribution in [3.8, 4) is 0 Å². The van der Waals surface area contributed by atoms with Gasteiger partial charge in [-0.15, -0.1) is 0 Å². The summed E-state index contributed by atoms with van der Waals surface area (Å²) in [4.78, 5) is 26.1. The van der Waals surface area contributed by atoms with Crippen LogP contribution in [0.2, 0.25) is 0 Å². The molecule has 0 spiro atoms. The van der Waals surface area contributed by atoms with E-state index in [1.807, 2.05) is 0 Å². The minimum atomic E-state index is -0.714. The molecule has 18 heavy (non-hydrogen) atoms. The lowest BCUT2D eigenvalue weighted by Crippen LogP contribution is -2.18.